The number of carbonyl (C=O) groups excluding carboxylic acids is 2. The predicted octanol–water partition coefficient (Wildman–Crippen LogP) is 0.111. The van der Waals surface area contributed by atoms with Gasteiger partial charge in [0.15, 0.2) is 0 Å². The summed E-state index contributed by atoms with van der Waals surface area (Å²) in [6.07, 6.45) is 0. The molecule has 0 atom stereocenters. The molecule has 0 saturated carbocycles. The second kappa shape index (κ2) is 4.19. The molecule has 0 fully saturated rings. The second-order valence-corrected chi connectivity index (χ2v) is 4.36. The Balaban J connectivity index is 4.86. The van der Waals surface area contributed by atoms with Crippen molar-refractivity contribution in [3.8, 4) is 0 Å². The minimum Gasteiger partial charge on any atom is -0.274 e. The van der Waals surface area contributed by atoms with Crippen molar-refractivity contribution in [1.29, 1.82) is 0 Å². The topological polar surface area (TPSA) is 80.3 Å². The first kappa shape index (κ1) is 12.6. The van der Waals surface area contributed by atoms with Gasteiger partial charge in [-0.2, -0.15) is 8.42 Å². The van der Waals surface area contributed by atoms with Crippen molar-refractivity contribution in [2.45, 2.75) is 13.8 Å². The van der Waals surface area contributed by atoms with Gasteiger partial charge in [0.25, 0.3) is 11.0 Å². The summed E-state index contributed by atoms with van der Waals surface area (Å²) >= 11 is 0. The Hall–Kier alpha value is -1.43. The zero-order chi connectivity index (χ0) is 11.5. The largest absolute Gasteiger partial charge is 0.302 e. The van der Waals surface area contributed by atoms with Crippen LogP contribution < -0.4 is 4.72 Å². The Labute approximate surface area is 82.5 Å². The van der Waals surface area contributed by atoms with Crippen LogP contribution in [0.1, 0.15) is 13.8 Å². The lowest BCUT2D eigenvalue weighted by Gasteiger charge is -2.04. The van der Waals surface area contributed by atoms with Crippen LogP contribution in [0.2, 0.25) is 0 Å². The van der Waals surface area contributed by atoms with Crippen molar-refractivity contribution in [3.63, 3.8) is 0 Å². The van der Waals surface area contributed by atoms with Gasteiger partial charge in [0.2, 0.25) is 0 Å². The molecule has 0 bridgehead atoms. The van der Waals surface area contributed by atoms with Gasteiger partial charge in [-0.15, -0.1) is 0 Å². The lowest BCUT2D eigenvalue weighted by molar-refractivity contribution is -0.116. The normalized spacial score (nSPS) is 10.4. The molecule has 0 rings (SSSR count). The number of rotatable bonds is 2. The zero-order valence-electron chi connectivity index (χ0n) is 7.96. The smallest absolute Gasteiger partial charge is 0.274 e. The van der Waals surface area contributed by atoms with E-state index in [2.05, 4.69) is 13.2 Å². The van der Waals surface area contributed by atoms with E-state index in [-0.39, 0.29) is 11.1 Å². The Morgan fingerprint density at radius 2 is 1.50 bits per heavy atom. The first-order valence-electron chi connectivity index (χ1n) is 3.61. The molecule has 0 unspecified atom stereocenters. The summed E-state index contributed by atoms with van der Waals surface area (Å²) in [5.74, 6) is -0.903. The van der Waals surface area contributed by atoms with Crippen molar-refractivity contribution in [2.24, 2.45) is 0 Å². The molecule has 1 N–H and O–H groups in total. The van der Waals surface area contributed by atoms with Gasteiger partial charge in [-0.3, -0.25) is 9.59 Å². The molecule has 5 nitrogen and oxygen atoms in total. The molecule has 0 radical (unpaired) electrons. The lowest BCUT2D eigenvalue weighted by atomic mass is 10.3. The maximum atomic E-state index is 11.1. The molecule has 0 aromatic carbocycles. The monoisotopic (exact) mass is 217 g/mol. The fraction of sp³-hybridized carbons (Fsp3) is 0.250. The molecule has 0 heterocycles. The van der Waals surface area contributed by atoms with Crippen LogP contribution in [0.5, 0.6) is 0 Å². The number of hydrogen-bond donors (Lipinski definition) is 1. The van der Waals surface area contributed by atoms with E-state index in [4.69, 9.17) is 0 Å². The fourth-order valence-electron chi connectivity index (χ4n) is 0.485. The van der Waals surface area contributed by atoms with Gasteiger partial charge in [-0.25, -0.2) is 4.72 Å². The maximum absolute atomic E-state index is 11.1. The van der Waals surface area contributed by atoms with Gasteiger partial charge in [0.05, 0.1) is 0 Å². The third-order valence-electron chi connectivity index (χ3n) is 1.21. The summed E-state index contributed by atoms with van der Waals surface area (Å²) in [5.41, 5.74) is -0.157. The molecule has 0 saturated heterocycles. The van der Waals surface area contributed by atoms with Crippen LogP contribution in [0.4, 0.5) is 0 Å². The van der Waals surface area contributed by atoms with Crippen molar-refractivity contribution in [2.75, 3.05) is 0 Å². The van der Waals surface area contributed by atoms with Gasteiger partial charge in [0, 0.05) is 11.1 Å². The van der Waals surface area contributed by atoms with Crippen molar-refractivity contribution in [3.05, 3.63) is 24.3 Å². The highest BCUT2D eigenvalue weighted by Gasteiger charge is 2.24. The summed E-state index contributed by atoms with van der Waals surface area (Å²) in [7, 11) is -4.30. The molecule has 0 aromatic rings. The minimum absolute atomic E-state index is 0.00286. The fourth-order valence-corrected chi connectivity index (χ4v) is 1.45. The van der Waals surface area contributed by atoms with Crippen LogP contribution >= 0.6 is 0 Å². The zero-order valence-corrected chi connectivity index (χ0v) is 8.77. The molecule has 0 aliphatic carbocycles. The molecule has 1 amide bonds. The summed E-state index contributed by atoms with van der Waals surface area (Å²) in [6.45, 7) is 8.98. The first-order valence-corrected chi connectivity index (χ1v) is 5.09. The van der Waals surface area contributed by atoms with Crippen LogP contribution in [0.25, 0.3) is 0 Å². The van der Waals surface area contributed by atoms with Crippen LogP contribution in [-0.2, 0) is 19.6 Å². The number of amides is 1. The Kier molecular flexibility index (Phi) is 3.76. The number of nitrogens with one attached hydrogen (secondary N) is 1. The highest BCUT2D eigenvalue weighted by molar-refractivity contribution is 8.05. The van der Waals surface area contributed by atoms with Gasteiger partial charge in [0.1, 0.15) is 0 Å². The van der Waals surface area contributed by atoms with Crippen LogP contribution in [0.15, 0.2) is 24.3 Å². The van der Waals surface area contributed by atoms with Crippen molar-refractivity contribution < 1.29 is 18.0 Å². The number of carbonyl (C=O) groups is 2. The maximum Gasteiger partial charge on any atom is 0.302 e. The van der Waals surface area contributed by atoms with Gasteiger partial charge in [-0.1, -0.05) is 13.2 Å². The summed E-state index contributed by atoms with van der Waals surface area (Å²) in [4.78, 5) is 21.9. The summed E-state index contributed by atoms with van der Waals surface area (Å²) in [6, 6.07) is 0. The van der Waals surface area contributed by atoms with Gasteiger partial charge in [-0.05, 0) is 13.8 Å². The second-order valence-electron chi connectivity index (χ2n) is 2.78. The first-order chi connectivity index (χ1) is 6.18. The highest BCUT2D eigenvalue weighted by Crippen LogP contribution is 1.99. The molecule has 0 spiro atoms. The van der Waals surface area contributed by atoms with E-state index in [0.717, 1.165) is 0 Å². The molecule has 0 aliphatic rings. The summed E-state index contributed by atoms with van der Waals surface area (Å²) < 4.78 is 23.8. The Bertz CT molecular complexity index is 405. The van der Waals surface area contributed by atoms with E-state index in [1.165, 1.54) is 13.8 Å². The van der Waals surface area contributed by atoms with Crippen molar-refractivity contribution in [1.82, 2.24) is 4.72 Å². The average molecular weight is 217 g/mol. The van der Waals surface area contributed by atoms with Gasteiger partial charge < -0.3 is 0 Å². The third-order valence-corrected chi connectivity index (χ3v) is 2.50. The molecular weight excluding hydrogens is 206 g/mol. The van der Waals surface area contributed by atoms with E-state index >= 15 is 0 Å². The molecule has 78 valence electrons. The quantitative estimate of drug-likeness (QED) is 0.666. The minimum atomic E-state index is -4.30. The molecule has 14 heavy (non-hydrogen) atoms. The molecular formula is C8H11NO4S. The molecule has 0 aliphatic heterocycles. The lowest BCUT2D eigenvalue weighted by Crippen LogP contribution is -2.36. The van der Waals surface area contributed by atoms with Crippen LogP contribution in [-0.4, -0.2) is 19.4 Å². The van der Waals surface area contributed by atoms with Crippen LogP contribution in [0, 0.1) is 0 Å². The van der Waals surface area contributed by atoms with Crippen LogP contribution in [0.3, 0.4) is 0 Å². The van der Waals surface area contributed by atoms with Gasteiger partial charge >= 0.3 is 10.0 Å². The predicted molar refractivity (Wildman–Crippen MR) is 51.7 cm³/mol. The van der Waals surface area contributed by atoms with E-state index < -0.39 is 21.0 Å². The number of sulfonamides is 1. The standard InChI is InChI=1S/C8H11NO4S/c1-5(2)7(10)9-14(12,13)8(11)6(3)4/h1,3H2,2,4H3,(H,9,10). The molecule has 0 aromatic heterocycles. The SMILES string of the molecule is C=C(C)C(=O)NS(=O)(=O)C(=O)C(=C)C. The van der Waals surface area contributed by atoms with E-state index in [1.807, 2.05) is 0 Å². The third kappa shape index (κ3) is 3.14. The molecule has 6 heteroatoms. The highest BCUT2D eigenvalue weighted by atomic mass is 32.2. The van der Waals surface area contributed by atoms with Crippen molar-refractivity contribution >= 4 is 21.0 Å². The van der Waals surface area contributed by atoms with E-state index in [1.54, 1.807) is 4.72 Å². The van der Waals surface area contributed by atoms with E-state index in [9.17, 15) is 18.0 Å². The average Bonchev–Trinajstić information content (AvgIpc) is 2.01. The Morgan fingerprint density at radius 1 is 1.07 bits per heavy atom. The number of hydrogen-bond acceptors (Lipinski definition) is 4. The Morgan fingerprint density at radius 3 is 1.79 bits per heavy atom. The van der Waals surface area contributed by atoms with E-state index in [0.29, 0.717) is 0 Å². The summed E-state index contributed by atoms with van der Waals surface area (Å²) in [5, 5.41) is -1.20.